The van der Waals surface area contributed by atoms with Gasteiger partial charge in [-0.1, -0.05) is 18.2 Å². The van der Waals surface area contributed by atoms with E-state index in [9.17, 15) is 9.18 Å². The molecule has 0 aliphatic carbocycles. The van der Waals surface area contributed by atoms with E-state index in [0.717, 1.165) is 27.1 Å². The summed E-state index contributed by atoms with van der Waals surface area (Å²) in [7, 11) is 0. The molecule has 130 valence electrons. The number of H-pyrrole nitrogens is 1. The molecule has 1 amide bonds. The van der Waals surface area contributed by atoms with Crippen LogP contribution < -0.4 is 5.32 Å². The number of thiazole rings is 1. The minimum Gasteiger partial charge on any atom is -0.360 e. The van der Waals surface area contributed by atoms with Gasteiger partial charge < -0.3 is 10.3 Å². The summed E-state index contributed by atoms with van der Waals surface area (Å²) in [5.41, 5.74) is 2.89. The summed E-state index contributed by atoms with van der Waals surface area (Å²) >= 11 is 2.75. The molecule has 0 saturated heterocycles. The highest BCUT2D eigenvalue weighted by Crippen LogP contribution is 2.31. The number of fused-ring (bicyclic) bond motifs is 1. The maximum absolute atomic E-state index is 12.9. The lowest BCUT2D eigenvalue weighted by Crippen LogP contribution is -2.13. The van der Waals surface area contributed by atoms with E-state index in [0.29, 0.717) is 5.13 Å². The van der Waals surface area contributed by atoms with Crippen LogP contribution in [0.25, 0.3) is 22.2 Å². The first kappa shape index (κ1) is 16.8. The fourth-order valence-corrected chi connectivity index (χ4v) is 4.00. The molecule has 26 heavy (non-hydrogen) atoms. The van der Waals surface area contributed by atoms with Crippen molar-refractivity contribution in [2.45, 2.75) is 4.90 Å². The quantitative estimate of drug-likeness (QED) is 0.468. The largest absolute Gasteiger partial charge is 0.360 e. The van der Waals surface area contributed by atoms with Crippen LogP contribution in [0, 0.1) is 5.82 Å². The lowest BCUT2D eigenvalue weighted by molar-refractivity contribution is -0.113. The summed E-state index contributed by atoms with van der Waals surface area (Å²) in [6.45, 7) is 0. The number of carbonyl (C=O) groups excluding carboxylic acids is 1. The van der Waals surface area contributed by atoms with Crippen LogP contribution in [0.5, 0.6) is 0 Å². The van der Waals surface area contributed by atoms with Crippen molar-refractivity contribution < 1.29 is 9.18 Å². The standard InChI is InChI=1S/C19H14FN3OS2/c20-12-5-7-13(8-6-12)25-11-18(24)23-19-22-17(10-26-19)15-9-21-16-4-2-1-3-14(15)16/h1-10,21H,11H2,(H,22,23,24). The summed E-state index contributed by atoms with van der Waals surface area (Å²) in [6, 6.07) is 14.1. The van der Waals surface area contributed by atoms with E-state index in [2.05, 4.69) is 15.3 Å². The number of para-hydroxylation sites is 1. The molecular formula is C19H14FN3OS2. The Morgan fingerprint density at radius 1 is 1.19 bits per heavy atom. The number of nitrogens with zero attached hydrogens (tertiary/aromatic N) is 1. The number of amides is 1. The summed E-state index contributed by atoms with van der Waals surface area (Å²) in [5, 5.41) is 6.41. The molecule has 0 bridgehead atoms. The van der Waals surface area contributed by atoms with Crippen LogP contribution >= 0.6 is 23.1 Å². The molecule has 0 unspecified atom stereocenters. The Kier molecular flexibility index (Phi) is 4.73. The fraction of sp³-hybridized carbons (Fsp3) is 0.0526. The van der Waals surface area contributed by atoms with Gasteiger partial charge in [0.05, 0.1) is 11.4 Å². The average molecular weight is 383 g/mol. The van der Waals surface area contributed by atoms with Crippen molar-refractivity contribution in [3.05, 3.63) is 65.9 Å². The van der Waals surface area contributed by atoms with Crippen molar-refractivity contribution >= 4 is 45.0 Å². The van der Waals surface area contributed by atoms with Gasteiger partial charge in [0.1, 0.15) is 5.82 Å². The van der Waals surface area contributed by atoms with Crippen molar-refractivity contribution in [3.63, 3.8) is 0 Å². The number of nitrogens with one attached hydrogen (secondary N) is 2. The van der Waals surface area contributed by atoms with Crippen LogP contribution in [0.15, 0.2) is 65.0 Å². The maximum atomic E-state index is 12.9. The van der Waals surface area contributed by atoms with Gasteiger partial charge in [0.2, 0.25) is 5.91 Å². The molecule has 2 heterocycles. The van der Waals surface area contributed by atoms with Crippen molar-refractivity contribution in [2.24, 2.45) is 0 Å². The third-order valence-electron chi connectivity index (χ3n) is 3.80. The normalized spacial score (nSPS) is 11.0. The van der Waals surface area contributed by atoms with E-state index in [4.69, 9.17) is 0 Å². The number of carbonyl (C=O) groups is 1. The minimum absolute atomic E-state index is 0.140. The molecule has 0 aliphatic heterocycles. The summed E-state index contributed by atoms with van der Waals surface area (Å²) in [6.07, 6.45) is 1.93. The zero-order valence-electron chi connectivity index (χ0n) is 13.5. The molecule has 0 radical (unpaired) electrons. The third-order valence-corrected chi connectivity index (χ3v) is 5.57. The zero-order chi connectivity index (χ0) is 17.9. The monoisotopic (exact) mass is 383 g/mol. The Balaban J connectivity index is 1.41. The molecular weight excluding hydrogens is 369 g/mol. The predicted octanol–water partition coefficient (Wildman–Crippen LogP) is 5.16. The average Bonchev–Trinajstić information content (AvgIpc) is 3.28. The Labute approximate surface area is 157 Å². The highest BCUT2D eigenvalue weighted by Gasteiger charge is 2.11. The number of thioether (sulfide) groups is 1. The number of benzene rings is 2. The Hall–Kier alpha value is -2.64. The van der Waals surface area contributed by atoms with Gasteiger partial charge in [-0.05, 0) is 30.3 Å². The molecule has 0 aliphatic rings. The van der Waals surface area contributed by atoms with Gasteiger partial charge in [-0.3, -0.25) is 4.79 Å². The number of halogens is 1. The predicted molar refractivity (Wildman–Crippen MR) is 105 cm³/mol. The van der Waals surface area contributed by atoms with Crippen LogP contribution in [-0.2, 0) is 4.79 Å². The van der Waals surface area contributed by atoms with Crippen LogP contribution in [-0.4, -0.2) is 21.6 Å². The number of hydrogen-bond acceptors (Lipinski definition) is 4. The molecule has 4 nitrogen and oxygen atoms in total. The second-order valence-electron chi connectivity index (χ2n) is 5.58. The number of hydrogen-bond donors (Lipinski definition) is 2. The van der Waals surface area contributed by atoms with Crippen LogP contribution in [0.4, 0.5) is 9.52 Å². The number of aromatic amines is 1. The minimum atomic E-state index is -0.286. The van der Waals surface area contributed by atoms with E-state index in [1.807, 2.05) is 35.8 Å². The van der Waals surface area contributed by atoms with Gasteiger partial charge in [0.25, 0.3) is 0 Å². The van der Waals surface area contributed by atoms with Gasteiger partial charge in [-0.15, -0.1) is 23.1 Å². The number of rotatable bonds is 5. The molecule has 0 fully saturated rings. The Morgan fingerprint density at radius 3 is 2.85 bits per heavy atom. The van der Waals surface area contributed by atoms with Crippen LogP contribution in [0.1, 0.15) is 0 Å². The SMILES string of the molecule is O=C(CSc1ccc(F)cc1)Nc1nc(-c2c[nH]c3ccccc23)cs1. The molecule has 2 N–H and O–H groups in total. The van der Waals surface area contributed by atoms with Crippen molar-refractivity contribution in [3.8, 4) is 11.3 Å². The first-order chi connectivity index (χ1) is 12.7. The second kappa shape index (κ2) is 7.31. The van der Waals surface area contributed by atoms with Crippen LogP contribution in [0.3, 0.4) is 0 Å². The number of aromatic nitrogens is 2. The van der Waals surface area contributed by atoms with Gasteiger partial charge in [-0.25, -0.2) is 9.37 Å². The highest BCUT2D eigenvalue weighted by atomic mass is 32.2. The van der Waals surface area contributed by atoms with Gasteiger partial charge in [-0.2, -0.15) is 0 Å². The Morgan fingerprint density at radius 2 is 2.00 bits per heavy atom. The van der Waals surface area contributed by atoms with E-state index in [1.54, 1.807) is 12.1 Å². The molecule has 2 aromatic heterocycles. The van der Waals surface area contributed by atoms with Gasteiger partial charge in [0.15, 0.2) is 5.13 Å². The molecule has 0 atom stereocenters. The summed E-state index contributed by atoms with van der Waals surface area (Å²) < 4.78 is 12.9. The van der Waals surface area contributed by atoms with E-state index < -0.39 is 0 Å². The molecule has 2 aromatic carbocycles. The molecule has 0 saturated carbocycles. The lowest BCUT2D eigenvalue weighted by atomic mass is 10.1. The first-order valence-corrected chi connectivity index (χ1v) is 9.76. The fourth-order valence-electron chi connectivity index (χ4n) is 2.57. The molecule has 7 heteroatoms. The smallest absolute Gasteiger partial charge is 0.236 e. The van der Waals surface area contributed by atoms with Gasteiger partial charge in [0, 0.05) is 32.9 Å². The topological polar surface area (TPSA) is 57.8 Å². The lowest BCUT2D eigenvalue weighted by Gasteiger charge is -2.02. The molecule has 0 spiro atoms. The maximum Gasteiger partial charge on any atom is 0.236 e. The van der Waals surface area contributed by atoms with Crippen molar-refractivity contribution in [1.29, 1.82) is 0 Å². The second-order valence-corrected chi connectivity index (χ2v) is 7.48. The highest BCUT2D eigenvalue weighted by molar-refractivity contribution is 8.00. The van der Waals surface area contributed by atoms with E-state index in [1.165, 1.54) is 35.2 Å². The summed E-state index contributed by atoms with van der Waals surface area (Å²) in [4.78, 5) is 20.7. The Bertz CT molecular complexity index is 1060. The first-order valence-electron chi connectivity index (χ1n) is 7.89. The van der Waals surface area contributed by atoms with E-state index in [-0.39, 0.29) is 17.5 Å². The zero-order valence-corrected chi connectivity index (χ0v) is 15.2. The van der Waals surface area contributed by atoms with Crippen molar-refractivity contribution in [2.75, 3.05) is 11.1 Å². The molecule has 4 aromatic rings. The van der Waals surface area contributed by atoms with Crippen LogP contribution in [0.2, 0.25) is 0 Å². The molecule has 4 rings (SSSR count). The summed E-state index contributed by atoms with van der Waals surface area (Å²) in [5.74, 6) is -0.182. The van der Waals surface area contributed by atoms with E-state index >= 15 is 0 Å². The number of anilines is 1. The third kappa shape index (κ3) is 3.63. The van der Waals surface area contributed by atoms with Crippen molar-refractivity contribution in [1.82, 2.24) is 9.97 Å². The van der Waals surface area contributed by atoms with Gasteiger partial charge >= 0.3 is 0 Å².